The summed E-state index contributed by atoms with van der Waals surface area (Å²) in [5.74, 6) is 2.43. The molecule has 3 aromatic heterocycles. The summed E-state index contributed by atoms with van der Waals surface area (Å²) in [7, 11) is 1.68. The van der Waals surface area contributed by atoms with Crippen molar-refractivity contribution in [3.05, 3.63) is 89.5 Å². The Kier molecular flexibility index (Phi) is 6.21. The minimum absolute atomic E-state index is 0.113. The summed E-state index contributed by atoms with van der Waals surface area (Å²) < 4.78 is 7.48. The molecule has 1 amide bonds. The molecular weight excluding hydrogens is 432 g/mol. The molecule has 1 fully saturated rings. The van der Waals surface area contributed by atoms with Crippen molar-refractivity contribution in [3.63, 3.8) is 0 Å². The number of thiophene rings is 1. The van der Waals surface area contributed by atoms with E-state index in [0.717, 1.165) is 59.5 Å². The Hall–Kier alpha value is -3.45. The highest BCUT2D eigenvalue weighted by atomic mass is 32.1. The largest absolute Gasteiger partial charge is 0.497 e. The normalized spacial score (nSPS) is 14.4. The maximum Gasteiger partial charge on any atom is 0.263 e. The number of likely N-dealkylation sites (tertiary alicyclic amines) is 1. The fraction of sp³-hybridized carbons (Fsp3) is 0.269. The predicted molar refractivity (Wildman–Crippen MR) is 130 cm³/mol. The number of benzene rings is 1. The van der Waals surface area contributed by atoms with E-state index in [0.29, 0.717) is 5.92 Å². The summed E-state index contributed by atoms with van der Waals surface area (Å²) in [6, 6.07) is 17.9. The molecule has 168 valence electrons. The van der Waals surface area contributed by atoms with Crippen LogP contribution in [0, 0.1) is 0 Å². The molecular formula is C26H26N4O2S. The highest BCUT2D eigenvalue weighted by molar-refractivity contribution is 7.17. The molecule has 0 bridgehead atoms. The van der Waals surface area contributed by atoms with Gasteiger partial charge in [0.1, 0.15) is 11.6 Å². The number of pyridine rings is 1. The van der Waals surface area contributed by atoms with Crippen molar-refractivity contribution < 1.29 is 9.53 Å². The molecule has 1 aliphatic heterocycles. The van der Waals surface area contributed by atoms with Gasteiger partial charge in [-0.15, -0.1) is 11.3 Å². The zero-order chi connectivity index (χ0) is 22.6. The van der Waals surface area contributed by atoms with Crippen LogP contribution in [0.5, 0.6) is 5.75 Å². The number of nitrogens with zero attached hydrogens (tertiary/aromatic N) is 4. The van der Waals surface area contributed by atoms with Crippen LogP contribution in [0.1, 0.15) is 39.8 Å². The van der Waals surface area contributed by atoms with Gasteiger partial charge in [-0.3, -0.25) is 9.78 Å². The van der Waals surface area contributed by atoms with E-state index < -0.39 is 0 Å². The van der Waals surface area contributed by atoms with Gasteiger partial charge in [0, 0.05) is 44.1 Å². The first-order chi connectivity index (χ1) is 16.2. The smallest absolute Gasteiger partial charge is 0.263 e. The van der Waals surface area contributed by atoms with Crippen LogP contribution in [0.15, 0.2) is 73.2 Å². The van der Waals surface area contributed by atoms with Crippen molar-refractivity contribution >= 4 is 17.2 Å². The standard InChI is InChI=1S/C26H26N4O2S/c1-32-21-7-5-19(6-8-21)18-30-17-14-28-25(30)20-11-15-29(16-12-20)26(31)24-10-9-23(33-24)22-4-2-3-13-27-22/h2-10,13-14,17,20H,11-12,15-16,18H2,1H3. The fourth-order valence-corrected chi connectivity index (χ4v) is 5.29. The molecule has 1 aromatic carbocycles. The van der Waals surface area contributed by atoms with Crippen LogP contribution >= 0.6 is 11.3 Å². The zero-order valence-electron chi connectivity index (χ0n) is 18.6. The number of carbonyl (C=O) groups excluding carboxylic acids is 1. The first kappa shape index (κ1) is 21.4. The number of piperidine rings is 1. The summed E-state index contributed by atoms with van der Waals surface area (Å²) in [4.78, 5) is 25.9. The number of methoxy groups -OCH3 is 1. The second kappa shape index (κ2) is 9.58. The van der Waals surface area contributed by atoms with E-state index >= 15 is 0 Å². The van der Waals surface area contributed by atoms with Crippen LogP contribution in [0.3, 0.4) is 0 Å². The summed E-state index contributed by atoms with van der Waals surface area (Å²) in [6.45, 7) is 2.27. The van der Waals surface area contributed by atoms with Gasteiger partial charge in [0.2, 0.25) is 0 Å². The predicted octanol–water partition coefficient (Wildman–Crippen LogP) is 5.08. The van der Waals surface area contributed by atoms with E-state index in [-0.39, 0.29) is 5.91 Å². The van der Waals surface area contributed by atoms with E-state index in [9.17, 15) is 4.79 Å². The van der Waals surface area contributed by atoms with E-state index in [1.165, 1.54) is 16.9 Å². The number of ether oxygens (including phenoxy) is 1. The lowest BCUT2D eigenvalue weighted by Crippen LogP contribution is -2.38. The van der Waals surface area contributed by atoms with Crippen molar-refractivity contribution in [2.24, 2.45) is 0 Å². The molecule has 0 saturated carbocycles. The number of carbonyl (C=O) groups is 1. The molecule has 0 spiro atoms. The monoisotopic (exact) mass is 458 g/mol. The summed E-state index contributed by atoms with van der Waals surface area (Å²) >= 11 is 1.51. The number of amides is 1. The number of hydrogen-bond donors (Lipinski definition) is 0. The van der Waals surface area contributed by atoms with E-state index in [1.54, 1.807) is 13.3 Å². The Labute approximate surface area is 197 Å². The van der Waals surface area contributed by atoms with E-state index in [1.807, 2.05) is 59.8 Å². The Morgan fingerprint density at radius 1 is 1.03 bits per heavy atom. The van der Waals surface area contributed by atoms with Crippen molar-refractivity contribution in [2.75, 3.05) is 20.2 Å². The summed E-state index contributed by atoms with van der Waals surface area (Å²) in [6.07, 6.45) is 7.54. The molecule has 7 heteroatoms. The van der Waals surface area contributed by atoms with E-state index in [4.69, 9.17) is 4.74 Å². The maximum absolute atomic E-state index is 13.1. The highest BCUT2D eigenvalue weighted by Crippen LogP contribution is 2.31. The average Bonchev–Trinajstić information content (AvgIpc) is 3.55. The van der Waals surface area contributed by atoms with Crippen LogP contribution in [-0.2, 0) is 6.54 Å². The number of imidazole rings is 1. The highest BCUT2D eigenvalue weighted by Gasteiger charge is 2.27. The lowest BCUT2D eigenvalue weighted by atomic mass is 9.95. The molecule has 0 unspecified atom stereocenters. The third kappa shape index (κ3) is 4.68. The topological polar surface area (TPSA) is 60.2 Å². The van der Waals surface area contributed by atoms with E-state index in [2.05, 4.69) is 26.7 Å². The molecule has 5 rings (SSSR count). The molecule has 1 saturated heterocycles. The minimum Gasteiger partial charge on any atom is -0.497 e. The Bertz CT molecular complexity index is 1210. The number of aromatic nitrogens is 3. The average molecular weight is 459 g/mol. The summed E-state index contributed by atoms with van der Waals surface area (Å²) in [5.41, 5.74) is 2.12. The second-order valence-corrected chi connectivity index (χ2v) is 9.29. The van der Waals surface area contributed by atoms with Crippen LogP contribution in [0.25, 0.3) is 10.6 Å². The molecule has 6 nitrogen and oxygen atoms in total. The van der Waals surface area contributed by atoms with Crippen LogP contribution in [-0.4, -0.2) is 45.5 Å². The molecule has 4 aromatic rings. The van der Waals surface area contributed by atoms with Gasteiger partial charge < -0.3 is 14.2 Å². The lowest BCUT2D eigenvalue weighted by molar-refractivity contribution is 0.0715. The number of hydrogen-bond acceptors (Lipinski definition) is 5. The molecule has 0 aliphatic carbocycles. The van der Waals surface area contributed by atoms with Gasteiger partial charge in [-0.2, -0.15) is 0 Å². The van der Waals surface area contributed by atoms with Crippen LogP contribution in [0.4, 0.5) is 0 Å². The van der Waals surface area contributed by atoms with Gasteiger partial charge >= 0.3 is 0 Å². The fourth-order valence-electron chi connectivity index (χ4n) is 4.34. The minimum atomic E-state index is 0.113. The first-order valence-corrected chi connectivity index (χ1v) is 12.0. The van der Waals surface area contributed by atoms with Gasteiger partial charge in [0.15, 0.2) is 0 Å². The van der Waals surface area contributed by atoms with Crippen LogP contribution < -0.4 is 4.74 Å². The van der Waals surface area contributed by atoms with Crippen molar-refractivity contribution in [3.8, 4) is 16.3 Å². The Balaban J connectivity index is 1.21. The SMILES string of the molecule is COc1ccc(Cn2ccnc2C2CCN(C(=O)c3ccc(-c4ccccn4)s3)CC2)cc1. The third-order valence-corrected chi connectivity index (χ3v) is 7.24. The van der Waals surface area contributed by atoms with Crippen molar-refractivity contribution in [1.29, 1.82) is 0 Å². The number of rotatable bonds is 6. The van der Waals surface area contributed by atoms with Gasteiger partial charge in [0.25, 0.3) is 5.91 Å². The van der Waals surface area contributed by atoms with Gasteiger partial charge in [-0.1, -0.05) is 18.2 Å². The van der Waals surface area contributed by atoms with Gasteiger partial charge in [-0.05, 0) is 54.8 Å². The molecule has 0 atom stereocenters. The molecule has 1 aliphatic rings. The van der Waals surface area contributed by atoms with Crippen LogP contribution in [0.2, 0.25) is 0 Å². The third-order valence-electron chi connectivity index (χ3n) is 6.14. The van der Waals surface area contributed by atoms with Crippen molar-refractivity contribution in [1.82, 2.24) is 19.4 Å². The Morgan fingerprint density at radius 3 is 2.58 bits per heavy atom. The maximum atomic E-state index is 13.1. The summed E-state index contributed by atoms with van der Waals surface area (Å²) in [5, 5.41) is 0. The van der Waals surface area contributed by atoms with Gasteiger partial charge in [-0.25, -0.2) is 4.98 Å². The Morgan fingerprint density at radius 2 is 1.85 bits per heavy atom. The molecule has 4 heterocycles. The molecule has 33 heavy (non-hydrogen) atoms. The zero-order valence-corrected chi connectivity index (χ0v) is 19.4. The molecule has 0 radical (unpaired) electrons. The van der Waals surface area contributed by atoms with Crippen molar-refractivity contribution in [2.45, 2.75) is 25.3 Å². The van der Waals surface area contributed by atoms with Gasteiger partial charge in [0.05, 0.1) is 22.6 Å². The second-order valence-electron chi connectivity index (χ2n) is 8.21. The molecule has 0 N–H and O–H groups in total. The quantitative estimate of drug-likeness (QED) is 0.404. The lowest BCUT2D eigenvalue weighted by Gasteiger charge is -2.31. The first-order valence-electron chi connectivity index (χ1n) is 11.2.